The lowest BCUT2D eigenvalue weighted by Crippen LogP contribution is -2.44. The molecule has 0 radical (unpaired) electrons. The second kappa shape index (κ2) is 7.52. The smallest absolute Gasteiger partial charge is 0.325 e. The highest BCUT2D eigenvalue weighted by Crippen LogP contribution is 2.35. The molecule has 1 fully saturated rings. The van der Waals surface area contributed by atoms with Crippen LogP contribution in [0.25, 0.3) is 17.9 Å². The molecular weight excluding hydrogens is 378 g/mol. The Labute approximate surface area is 176 Å². The van der Waals surface area contributed by atoms with E-state index in [1.807, 2.05) is 17.2 Å². The predicted molar refractivity (Wildman–Crippen MR) is 118 cm³/mol. The van der Waals surface area contributed by atoms with Crippen LogP contribution < -0.4 is 15.5 Å². The van der Waals surface area contributed by atoms with E-state index in [9.17, 15) is 9.90 Å². The maximum Gasteiger partial charge on any atom is 0.325 e. The van der Waals surface area contributed by atoms with Crippen LogP contribution in [-0.4, -0.2) is 40.2 Å². The molecule has 30 heavy (non-hydrogen) atoms. The summed E-state index contributed by atoms with van der Waals surface area (Å²) in [7, 11) is 1.50. The molecule has 0 bridgehead atoms. The molecule has 156 valence electrons. The van der Waals surface area contributed by atoms with Crippen LogP contribution in [0, 0.1) is 0 Å². The monoisotopic (exact) mass is 405 g/mol. The summed E-state index contributed by atoms with van der Waals surface area (Å²) in [6.07, 6.45) is 8.18. The number of benzene rings is 1. The van der Waals surface area contributed by atoms with Gasteiger partial charge in [-0.05, 0) is 56.5 Å². The number of urea groups is 1. The SMILES string of the molecule is C=C(OC)c1cc(N2CC(C)(C)N(Cc3ccnc4c3=CCCC=4)C2=O)ccc1O. The molecule has 1 aromatic heterocycles. The standard InChI is InChI=1S/C24H27N3O3/c1-16(30-4)20-13-18(9-10-22(20)28)26-15-24(2,3)27(23(26)29)14-17-11-12-25-21-8-6-5-7-19(17)21/h7-13,28H,1,5-6,14-15H2,2-4H3. The largest absolute Gasteiger partial charge is 0.507 e. The zero-order valence-corrected chi connectivity index (χ0v) is 17.7. The third kappa shape index (κ3) is 3.43. The Bertz CT molecular complexity index is 1140. The second-order valence-corrected chi connectivity index (χ2v) is 8.35. The number of fused-ring (bicyclic) bond motifs is 1. The van der Waals surface area contributed by atoms with Gasteiger partial charge in [-0.2, -0.15) is 0 Å². The number of amides is 2. The average molecular weight is 405 g/mol. The van der Waals surface area contributed by atoms with E-state index in [1.54, 1.807) is 23.1 Å². The summed E-state index contributed by atoms with van der Waals surface area (Å²) >= 11 is 0. The Morgan fingerprint density at radius 2 is 2.03 bits per heavy atom. The van der Waals surface area contributed by atoms with Crippen molar-refractivity contribution in [2.45, 2.75) is 38.8 Å². The first-order chi connectivity index (χ1) is 14.3. The molecule has 2 amide bonds. The number of hydrogen-bond donors (Lipinski definition) is 1. The fourth-order valence-corrected chi connectivity index (χ4v) is 4.14. The molecule has 0 spiro atoms. The van der Waals surface area contributed by atoms with Gasteiger partial charge in [-0.3, -0.25) is 9.88 Å². The molecule has 2 aromatic rings. The number of phenols is 1. The van der Waals surface area contributed by atoms with Gasteiger partial charge in [0.25, 0.3) is 0 Å². The summed E-state index contributed by atoms with van der Waals surface area (Å²) in [6, 6.07) is 7.00. The minimum atomic E-state index is -0.359. The van der Waals surface area contributed by atoms with E-state index in [1.165, 1.54) is 7.11 Å². The molecule has 6 heteroatoms. The molecule has 2 aliphatic rings. The Balaban J connectivity index is 1.67. The summed E-state index contributed by atoms with van der Waals surface area (Å²) in [5, 5.41) is 12.3. The molecule has 1 aliphatic carbocycles. The van der Waals surface area contributed by atoms with E-state index in [0.29, 0.717) is 30.1 Å². The Hall–Kier alpha value is -3.28. The van der Waals surface area contributed by atoms with Crippen LogP contribution >= 0.6 is 0 Å². The second-order valence-electron chi connectivity index (χ2n) is 8.35. The van der Waals surface area contributed by atoms with Crippen molar-refractivity contribution in [1.29, 1.82) is 0 Å². The van der Waals surface area contributed by atoms with E-state index in [0.717, 1.165) is 29.0 Å². The topological polar surface area (TPSA) is 65.9 Å². The van der Waals surface area contributed by atoms with Gasteiger partial charge < -0.3 is 14.7 Å². The highest BCUT2D eigenvalue weighted by atomic mass is 16.5. The summed E-state index contributed by atoms with van der Waals surface area (Å²) in [6.45, 7) is 9.03. The molecule has 0 unspecified atom stereocenters. The number of anilines is 1. The van der Waals surface area contributed by atoms with Gasteiger partial charge in [-0.25, -0.2) is 4.79 Å². The number of nitrogens with zero attached hydrogens (tertiary/aromatic N) is 3. The van der Waals surface area contributed by atoms with Crippen LogP contribution in [-0.2, 0) is 11.3 Å². The van der Waals surface area contributed by atoms with Crippen LogP contribution in [0.3, 0.4) is 0 Å². The summed E-state index contributed by atoms with van der Waals surface area (Å²) in [4.78, 5) is 21.6. The van der Waals surface area contributed by atoms with Crippen molar-refractivity contribution in [2.75, 3.05) is 18.6 Å². The van der Waals surface area contributed by atoms with Gasteiger partial charge in [0.1, 0.15) is 11.5 Å². The number of phenolic OH excluding ortho intramolecular Hbond substituents is 1. The third-order valence-corrected chi connectivity index (χ3v) is 5.87. The average Bonchev–Trinajstić information content (AvgIpc) is 2.97. The number of carbonyl (C=O) groups excluding carboxylic acids is 1. The van der Waals surface area contributed by atoms with E-state index in [-0.39, 0.29) is 17.3 Å². The molecular formula is C24H27N3O3. The van der Waals surface area contributed by atoms with Gasteiger partial charge >= 0.3 is 6.03 Å². The fourth-order valence-electron chi connectivity index (χ4n) is 4.14. The minimum Gasteiger partial charge on any atom is -0.507 e. The molecule has 1 aromatic carbocycles. The summed E-state index contributed by atoms with van der Waals surface area (Å²) < 4.78 is 5.17. The van der Waals surface area contributed by atoms with Gasteiger partial charge in [-0.1, -0.05) is 18.7 Å². The Morgan fingerprint density at radius 1 is 1.27 bits per heavy atom. The maximum atomic E-state index is 13.4. The van der Waals surface area contributed by atoms with Crippen molar-refractivity contribution in [1.82, 2.24) is 9.88 Å². The maximum absolute atomic E-state index is 13.4. The minimum absolute atomic E-state index is 0.0648. The van der Waals surface area contributed by atoms with Gasteiger partial charge in [0, 0.05) is 23.6 Å². The first-order valence-corrected chi connectivity index (χ1v) is 10.1. The van der Waals surface area contributed by atoms with Crippen LogP contribution in [0.4, 0.5) is 10.5 Å². The fraction of sp³-hybridized carbons (Fsp3) is 0.333. The number of pyridine rings is 1. The van der Waals surface area contributed by atoms with Gasteiger partial charge in [0.15, 0.2) is 0 Å². The molecule has 1 saturated heterocycles. The van der Waals surface area contributed by atoms with Crippen LogP contribution in [0.2, 0.25) is 0 Å². The molecule has 1 aliphatic heterocycles. The van der Waals surface area contributed by atoms with Crippen molar-refractivity contribution < 1.29 is 14.6 Å². The van der Waals surface area contributed by atoms with E-state index in [2.05, 4.69) is 37.6 Å². The van der Waals surface area contributed by atoms with Crippen LogP contribution in [0.5, 0.6) is 5.75 Å². The van der Waals surface area contributed by atoms with Crippen LogP contribution in [0.1, 0.15) is 37.8 Å². The number of aromatic hydroxyl groups is 1. The van der Waals surface area contributed by atoms with Crippen LogP contribution in [0.15, 0.2) is 37.0 Å². The predicted octanol–water partition coefficient (Wildman–Crippen LogP) is 2.98. The number of carbonyl (C=O) groups is 1. The number of aromatic nitrogens is 1. The molecule has 0 saturated carbocycles. The Kier molecular flexibility index (Phi) is 5.02. The highest BCUT2D eigenvalue weighted by Gasteiger charge is 2.43. The number of ether oxygens (including phenoxy) is 1. The summed E-state index contributed by atoms with van der Waals surface area (Å²) in [5.74, 6) is 0.427. The van der Waals surface area contributed by atoms with Crippen molar-refractivity contribution >= 4 is 29.6 Å². The molecule has 2 heterocycles. The van der Waals surface area contributed by atoms with E-state index in [4.69, 9.17) is 4.74 Å². The summed E-state index contributed by atoms with van der Waals surface area (Å²) in [5.41, 5.74) is 1.94. The first-order valence-electron chi connectivity index (χ1n) is 10.1. The van der Waals surface area contributed by atoms with Gasteiger partial charge in [-0.15, -0.1) is 0 Å². The third-order valence-electron chi connectivity index (χ3n) is 5.87. The quantitative estimate of drug-likeness (QED) is 0.777. The van der Waals surface area contributed by atoms with Crippen molar-refractivity contribution in [3.8, 4) is 5.75 Å². The molecule has 6 nitrogen and oxygen atoms in total. The number of rotatable bonds is 5. The molecule has 1 N–H and O–H groups in total. The lowest BCUT2D eigenvalue weighted by molar-refractivity contribution is 0.172. The number of methoxy groups -OCH3 is 1. The van der Waals surface area contributed by atoms with Gasteiger partial charge in [0.2, 0.25) is 0 Å². The zero-order valence-electron chi connectivity index (χ0n) is 17.7. The first kappa shape index (κ1) is 20.0. The lowest BCUT2D eigenvalue weighted by Gasteiger charge is -2.29. The van der Waals surface area contributed by atoms with Crippen molar-refractivity contribution in [3.63, 3.8) is 0 Å². The van der Waals surface area contributed by atoms with Crippen molar-refractivity contribution in [2.24, 2.45) is 0 Å². The Morgan fingerprint density at radius 3 is 2.80 bits per heavy atom. The molecule has 4 rings (SSSR count). The normalized spacial score (nSPS) is 17.2. The zero-order chi connectivity index (χ0) is 21.5. The number of hydrogen-bond acceptors (Lipinski definition) is 4. The van der Waals surface area contributed by atoms with E-state index < -0.39 is 0 Å². The van der Waals surface area contributed by atoms with Crippen molar-refractivity contribution in [3.05, 3.63) is 58.7 Å². The van der Waals surface area contributed by atoms with E-state index >= 15 is 0 Å². The van der Waals surface area contributed by atoms with Gasteiger partial charge in [0.05, 0.1) is 30.1 Å². The highest BCUT2D eigenvalue weighted by molar-refractivity contribution is 5.95. The lowest BCUT2D eigenvalue weighted by atomic mass is 10.0. The molecule has 0 atom stereocenters.